The summed E-state index contributed by atoms with van der Waals surface area (Å²) in [5.41, 5.74) is 6.23. The number of nitrogens with one attached hydrogen (secondary N) is 2. The van der Waals surface area contributed by atoms with Gasteiger partial charge in [-0.05, 0) is 25.2 Å². The number of carbonyl (C=O) groups is 1. The predicted octanol–water partition coefficient (Wildman–Crippen LogP) is 1.15. The molecule has 3 rings (SSSR count). The van der Waals surface area contributed by atoms with Crippen molar-refractivity contribution in [2.24, 2.45) is 11.7 Å². The average Bonchev–Trinajstić information content (AvgIpc) is 2.61. The zero-order chi connectivity index (χ0) is 18.6. The molecule has 4 N–H and O–H groups in total. The van der Waals surface area contributed by atoms with Crippen LogP contribution >= 0.6 is 0 Å². The molecule has 4 atom stereocenters. The maximum atomic E-state index is 14.1. The minimum absolute atomic E-state index is 0.0329. The summed E-state index contributed by atoms with van der Waals surface area (Å²) in [5, 5.41) is 6.81. The van der Waals surface area contributed by atoms with Crippen molar-refractivity contribution in [2.75, 3.05) is 33.3 Å². The maximum Gasteiger partial charge on any atom is 0.241 e. The number of likely N-dealkylation sites (tertiary alicyclic amines) is 1. The third-order valence-corrected chi connectivity index (χ3v) is 6.50. The van der Waals surface area contributed by atoms with Gasteiger partial charge in [0.2, 0.25) is 5.91 Å². The van der Waals surface area contributed by atoms with E-state index in [1.165, 1.54) is 39.2 Å². The number of nitrogens with zero attached hydrogens (tertiary/aromatic N) is 1. The smallest absolute Gasteiger partial charge is 0.241 e. The summed E-state index contributed by atoms with van der Waals surface area (Å²) in [6, 6.07) is -0.327. The number of amides is 1. The maximum absolute atomic E-state index is 14.1. The van der Waals surface area contributed by atoms with Crippen LogP contribution in [0.1, 0.15) is 51.4 Å². The Hall–Kier alpha value is -0.760. The number of alkyl halides is 1. The Kier molecular flexibility index (Phi) is 6.88. The minimum atomic E-state index is -1.11. The molecular weight excluding hydrogens is 335 g/mol. The zero-order valence-electron chi connectivity index (χ0n) is 16.0. The molecule has 1 amide bonds. The molecule has 0 bridgehead atoms. The molecule has 3 fully saturated rings. The molecule has 2 unspecified atom stereocenters. The lowest BCUT2D eigenvalue weighted by Crippen LogP contribution is -2.73. The lowest BCUT2D eigenvalue weighted by molar-refractivity contribution is -0.139. The summed E-state index contributed by atoms with van der Waals surface area (Å²) in [7, 11) is 1.53. The molecule has 0 aromatic carbocycles. The number of piperidine rings is 1. The van der Waals surface area contributed by atoms with Crippen LogP contribution in [0.2, 0.25) is 0 Å². The second kappa shape index (κ2) is 8.95. The fourth-order valence-corrected chi connectivity index (χ4v) is 4.72. The molecular formula is C19H35FN4O2. The van der Waals surface area contributed by atoms with Gasteiger partial charge in [-0.1, -0.05) is 32.1 Å². The third kappa shape index (κ3) is 4.55. The van der Waals surface area contributed by atoms with Gasteiger partial charge in [-0.25, -0.2) is 4.39 Å². The highest BCUT2D eigenvalue weighted by molar-refractivity contribution is 5.82. The topological polar surface area (TPSA) is 79.6 Å². The van der Waals surface area contributed by atoms with E-state index in [-0.39, 0.29) is 18.5 Å². The van der Waals surface area contributed by atoms with Crippen molar-refractivity contribution in [3.05, 3.63) is 0 Å². The van der Waals surface area contributed by atoms with E-state index >= 15 is 0 Å². The highest BCUT2D eigenvalue weighted by Gasteiger charge is 2.41. The van der Waals surface area contributed by atoms with Crippen LogP contribution in [0.3, 0.4) is 0 Å². The molecule has 2 saturated heterocycles. The highest BCUT2D eigenvalue weighted by Crippen LogP contribution is 2.29. The van der Waals surface area contributed by atoms with Crippen LogP contribution in [0.4, 0.5) is 4.39 Å². The van der Waals surface area contributed by atoms with Crippen LogP contribution in [0.25, 0.3) is 0 Å². The number of hydrogen-bond acceptors (Lipinski definition) is 5. The SMILES string of the molecule is CO[C@H]1CCN(C(=O)C2CNC(N)(C3CCCCCCC3)CN2)C[C@H]1F. The van der Waals surface area contributed by atoms with Gasteiger partial charge in [0.15, 0.2) is 0 Å². The van der Waals surface area contributed by atoms with Crippen molar-refractivity contribution in [1.82, 2.24) is 15.5 Å². The molecule has 0 aromatic heterocycles. The van der Waals surface area contributed by atoms with Gasteiger partial charge in [0.05, 0.1) is 24.4 Å². The average molecular weight is 371 g/mol. The van der Waals surface area contributed by atoms with E-state index in [0.29, 0.717) is 32.0 Å². The van der Waals surface area contributed by atoms with E-state index in [4.69, 9.17) is 10.5 Å². The molecule has 7 heteroatoms. The summed E-state index contributed by atoms with van der Waals surface area (Å²) < 4.78 is 19.2. The van der Waals surface area contributed by atoms with Crippen LogP contribution < -0.4 is 16.4 Å². The van der Waals surface area contributed by atoms with Gasteiger partial charge < -0.3 is 20.7 Å². The summed E-state index contributed by atoms with van der Waals surface area (Å²) >= 11 is 0. The van der Waals surface area contributed by atoms with Crippen molar-refractivity contribution in [1.29, 1.82) is 0 Å². The van der Waals surface area contributed by atoms with Crippen LogP contribution in [0.5, 0.6) is 0 Å². The van der Waals surface area contributed by atoms with Crippen LogP contribution in [-0.4, -0.2) is 68.1 Å². The Morgan fingerprint density at radius 1 is 1.19 bits per heavy atom. The first-order valence-corrected chi connectivity index (χ1v) is 10.3. The van der Waals surface area contributed by atoms with Gasteiger partial charge in [-0.3, -0.25) is 10.1 Å². The molecule has 3 aliphatic rings. The Balaban J connectivity index is 1.51. The molecule has 0 aromatic rings. The van der Waals surface area contributed by atoms with Gasteiger partial charge in [0.1, 0.15) is 6.17 Å². The summed E-state index contributed by atoms with van der Waals surface area (Å²) in [6.07, 6.45) is 7.74. The Morgan fingerprint density at radius 3 is 2.46 bits per heavy atom. The lowest BCUT2D eigenvalue weighted by Gasteiger charge is -2.45. The monoisotopic (exact) mass is 370 g/mol. The first-order chi connectivity index (χ1) is 12.5. The number of piperazine rings is 1. The van der Waals surface area contributed by atoms with Crippen LogP contribution in [0, 0.1) is 5.92 Å². The molecule has 150 valence electrons. The first kappa shape index (κ1) is 20.0. The standard InChI is InChI=1S/C19H35FN4O2/c1-26-17-9-10-24(12-15(17)20)18(25)16-11-23-19(21,13-22-16)14-7-5-3-2-4-6-8-14/h14-17,22-23H,2-13,21H2,1H3/t15-,16?,17+,19?/m1/s1. The van der Waals surface area contributed by atoms with Crippen LogP contribution in [-0.2, 0) is 9.53 Å². The second-order valence-electron chi connectivity index (χ2n) is 8.26. The quantitative estimate of drug-likeness (QED) is 0.694. The van der Waals surface area contributed by atoms with Crippen molar-refractivity contribution in [3.63, 3.8) is 0 Å². The Morgan fingerprint density at radius 2 is 1.88 bits per heavy atom. The summed E-state index contributed by atoms with van der Waals surface area (Å²) in [5.74, 6) is 0.411. The number of carbonyl (C=O) groups excluding carboxylic acids is 1. The fraction of sp³-hybridized carbons (Fsp3) is 0.947. The number of methoxy groups -OCH3 is 1. The molecule has 1 aliphatic carbocycles. The largest absolute Gasteiger partial charge is 0.378 e. The number of nitrogens with two attached hydrogens (primary N) is 1. The molecule has 26 heavy (non-hydrogen) atoms. The molecule has 0 radical (unpaired) electrons. The zero-order valence-corrected chi connectivity index (χ0v) is 16.0. The van der Waals surface area contributed by atoms with Gasteiger partial charge in [0, 0.05) is 26.7 Å². The van der Waals surface area contributed by atoms with E-state index in [0.717, 1.165) is 12.8 Å². The minimum Gasteiger partial charge on any atom is -0.378 e. The Labute approximate surface area is 156 Å². The third-order valence-electron chi connectivity index (χ3n) is 6.50. The molecule has 6 nitrogen and oxygen atoms in total. The molecule has 2 heterocycles. The van der Waals surface area contributed by atoms with E-state index < -0.39 is 17.9 Å². The van der Waals surface area contributed by atoms with E-state index in [2.05, 4.69) is 10.6 Å². The number of rotatable bonds is 3. The summed E-state index contributed by atoms with van der Waals surface area (Å²) in [4.78, 5) is 14.4. The van der Waals surface area contributed by atoms with Gasteiger partial charge in [0.25, 0.3) is 0 Å². The van der Waals surface area contributed by atoms with Crippen molar-refractivity contribution in [3.8, 4) is 0 Å². The van der Waals surface area contributed by atoms with Gasteiger partial charge in [-0.15, -0.1) is 0 Å². The van der Waals surface area contributed by atoms with Crippen molar-refractivity contribution in [2.45, 2.75) is 75.3 Å². The first-order valence-electron chi connectivity index (χ1n) is 10.3. The van der Waals surface area contributed by atoms with E-state index in [9.17, 15) is 9.18 Å². The normalized spacial score (nSPS) is 37.8. The molecule has 2 aliphatic heterocycles. The van der Waals surface area contributed by atoms with Crippen LogP contribution in [0.15, 0.2) is 0 Å². The fourth-order valence-electron chi connectivity index (χ4n) is 4.72. The highest BCUT2D eigenvalue weighted by atomic mass is 19.1. The number of ether oxygens (including phenoxy) is 1. The number of halogens is 1. The van der Waals surface area contributed by atoms with Gasteiger partial charge in [-0.2, -0.15) is 0 Å². The predicted molar refractivity (Wildman–Crippen MR) is 99.4 cm³/mol. The van der Waals surface area contributed by atoms with Gasteiger partial charge >= 0.3 is 0 Å². The molecule has 0 spiro atoms. The number of hydrogen-bond donors (Lipinski definition) is 3. The summed E-state index contributed by atoms with van der Waals surface area (Å²) in [6.45, 7) is 1.76. The van der Waals surface area contributed by atoms with Crippen molar-refractivity contribution < 1.29 is 13.9 Å². The van der Waals surface area contributed by atoms with E-state index in [1.807, 2.05) is 0 Å². The lowest BCUT2D eigenvalue weighted by atomic mass is 9.80. The Bertz CT molecular complexity index is 462. The second-order valence-corrected chi connectivity index (χ2v) is 8.26. The van der Waals surface area contributed by atoms with E-state index in [1.54, 1.807) is 4.90 Å². The molecule has 1 saturated carbocycles. The van der Waals surface area contributed by atoms with Crippen molar-refractivity contribution >= 4 is 5.91 Å².